The highest BCUT2D eigenvalue weighted by atomic mass is 14.7. The summed E-state index contributed by atoms with van der Waals surface area (Å²) in [4.78, 5) is 4.52. The van der Waals surface area contributed by atoms with Crippen molar-refractivity contribution < 1.29 is 0 Å². The average molecular weight is 346 g/mol. The Hall–Kier alpha value is -0.850. The molecule has 1 aromatic rings. The van der Waals surface area contributed by atoms with Gasteiger partial charge in [0.1, 0.15) is 0 Å². The first-order chi connectivity index (χ1) is 12.2. The van der Waals surface area contributed by atoms with E-state index in [9.17, 15) is 0 Å². The van der Waals surface area contributed by atoms with Gasteiger partial charge in [0.25, 0.3) is 0 Å². The lowest BCUT2D eigenvalue weighted by atomic mass is 9.99. The maximum Gasteiger partial charge on any atom is 0.0404 e. The van der Waals surface area contributed by atoms with Gasteiger partial charge in [-0.3, -0.25) is 4.98 Å². The van der Waals surface area contributed by atoms with Crippen LogP contribution in [0.25, 0.3) is 0 Å². The van der Waals surface area contributed by atoms with Gasteiger partial charge in [0.05, 0.1) is 0 Å². The topological polar surface area (TPSA) is 12.9 Å². The summed E-state index contributed by atoms with van der Waals surface area (Å²) in [5, 5.41) is 0. The van der Waals surface area contributed by atoms with Crippen molar-refractivity contribution in [2.24, 2.45) is 0 Å². The van der Waals surface area contributed by atoms with Crippen LogP contribution in [0.1, 0.15) is 119 Å². The molecule has 1 rings (SSSR count). The Kier molecular flexibility index (Phi) is 12.7. The van der Waals surface area contributed by atoms with Crippen molar-refractivity contribution in [1.82, 2.24) is 4.98 Å². The van der Waals surface area contributed by atoms with Crippen molar-refractivity contribution >= 4 is 0 Å². The lowest BCUT2D eigenvalue weighted by Crippen LogP contribution is -1.98. The second-order valence-corrected chi connectivity index (χ2v) is 7.97. The number of aromatic nitrogens is 1. The van der Waals surface area contributed by atoms with Gasteiger partial charge in [-0.25, -0.2) is 0 Å². The molecule has 1 aromatic heterocycles. The molecule has 0 aromatic carbocycles. The first-order valence-corrected chi connectivity index (χ1v) is 11.1. The average Bonchev–Trinajstić information content (AvgIpc) is 2.61. The van der Waals surface area contributed by atoms with Gasteiger partial charge in [-0.1, -0.05) is 90.4 Å². The van der Waals surface area contributed by atoms with Crippen molar-refractivity contribution in [2.75, 3.05) is 0 Å². The van der Waals surface area contributed by atoms with E-state index in [-0.39, 0.29) is 0 Å². The third-order valence-corrected chi connectivity index (χ3v) is 5.80. The van der Waals surface area contributed by atoms with Crippen molar-refractivity contribution in [3.63, 3.8) is 0 Å². The van der Waals surface area contributed by atoms with Crippen LogP contribution in [0.15, 0.2) is 6.20 Å². The lowest BCUT2D eigenvalue weighted by molar-refractivity contribution is 0.535. The summed E-state index contributed by atoms with van der Waals surface area (Å²) >= 11 is 0. The highest BCUT2D eigenvalue weighted by Crippen LogP contribution is 2.18. The predicted octanol–water partition coefficient (Wildman–Crippen LogP) is 8.03. The molecule has 0 fully saturated rings. The number of hydrogen-bond donors (Lipinski definition) is 0. The van der Waals surface area contributed by atoms with E-state index < -0.39 is 0 Å². The minimum absolute atomic E-state index is 1.18. The summed E-state index contributed by atoms with van der Waals surface area (Å²) in [6.07, 6.45) is 23.3. The van der Waals surface area contributed by atoms with Crippen LogP contribution in [0.4, 0.5) is 0 Å². The van der Waals surface area contributed by atoms with Crippen LogP contribution in [0.5, 0.6) is 0 Å². The van der Waals surface area contributed by atoms with Crippen LogP contribution < -0.4 is 0 Å². The molecular weight excluding hydrogens is 302 g/mol. The molecule has 0 aliphatic heterocycles. The molecule has 0 atom stereocenters. The molecule has 0 bridgehead atoms. The Balaban J connectivity index is 1.90. The molecule has 0 aliphatic rings. The van der Waals surface area contributed by atoms with E-state index in [1.54, 1.807) is 0 Å². The minimum Gasteiger partial charge on any atom is -0.261 e. The molecule has 0 spiro atoms. The van der Waals surface area contributed by atoms with Crippen LogP contribution in [-0.2, 0) is 6.42 Å². The summed E-state index contributed by atoms with van der Waals surface area (Å²) in [6, 6.07) is 0. The Labute approximate surface area is 158 Å². The van der Waals surface area contributed by atoms with Gasteiger partial charge in [0.2, 0.25) is 0 Å². The van der Waals surface area contributed by atoms with Crippen LogP contribution in [-0.4, -0.2) is 4.98 Å². The summed E-state index contributed by atoms with van der Waals surface area (Å²) in [5.41, 5.74) is 5.48. The summed E-state index contributed by atoms with van der Waals surface area (Å²) in [6.45, 7) is 8.86. The minimum atomic E-state index is 1.18. The molecule has 1 nitrogen and oxygen atoms in total. The summed E-state index contributed by atoms with van der Waals surface area (Å²) < 4.78 is 0. The summed E-state index contributed by atoms with van der Waals surface area (Å²) in [7, 11) is 0. The zero-order chi connectivity index (χ0) is 18.3. The maximum atomic E-state index is 4.52. The Morgan fingerprint density at radius 2 is 1.04 bits per heavy atom. The van der Waals surface area contributed by atoms with E-state index in [0.29, 0.717) is 0 Å². The smallest absolute Gasteiger partial charge is 0.0404 e. The molecule has 1 heterocycles. The Bertz CT molecular complexity index is 450. The van der Waals surface area contributed by atoms with Gasteiger partial charge in [0, 0.05) is 11.9 Å². The molecule has 0 N–H and O–H groups in total. The van der Waals surface area contributed by atoms with Crippen molar-refractivity contribution in [1.29, 1.82) is 0 Å². The molecule has 0 saturated heterocycles. The van der Waals surface area contributed by atoms with E-state index in [4.69, 9.17) is 0 Å². The van der Waals surface area contributed by atoms with Crippen LogP contribution in [0, 0.1) is 20.8 Å². The largest absolute Gasteiger partial charge is 0.261 e. The Morgan fingerprint density at radius 1 is 0.600 bits per heavy atom. The van der Waals surface area contributed by atoms with Gasteiger partial charge in [-0.15, -0.1) is 0 Å². The van der Waals surface area contributed by atoms with Gasteiger partial charge in [-0.2, -0.15) is 0 Å². The van der Waals surface area contributed by atoms with Gasteiger partial charge in [-0.05, 0) is 50.3 Å². The zero-order valence-corrected chi connectivity index (χ0v) is 17.6. The highest BCUT2D eigenvalue weighted by Gasteiger charge is 2.04. The van der Waals surface area contributed by atoms with Crippen LogP contribution >= 0.6 is 0 Å². The fourth-order valence-corrected chi connectivity index (χ4v) is 3.64. The molecular formula is C24H43N. The fourth-order valence-electron chi connectivity index (χ4n) is 3.64. The molecule has 144 valence electrons. The lowest BCUT2D eigenvalue weighted by Gasteiger charge is -2.10. The first-order valence-electron chi connectivity index (χ1n) is 11.1. The number of hydrogen-bond acceptors (Lipinski definition) is 1. The van der Waals surface area contributed by atoms with E-state index in [0.717, 1.165) is 0 Å². The standard InChI is InChI=1S/C24H43N/c1-5-6-7-8-9-10-11-12-13-14-15-16-17-18-19-24-20-25-23(4)21(2)22(24)3/h20H,5-19H2,1-4H3. The number of nitrogens with zero attached hydrogens (tertiary/aromatic N) is 1. The van der Waals surface area contributed by atoms with Gasteiger partial charge in [0.15, 0.2) is 0 Å². The molecule has 25 heavy (non-hydrogen) atoms. The normalized spacial score (nSPS) is 11.2. The van der Waals surface area contributed by atoms with Gasteiger partial charge < -0.3 is 0 Å². The molecule has 0 amide bonds. The number of pyridine rings is 1. The molecule has 0 unspecified atom stereocenters. The van der Waals surface area contributed by atoms with Crippen LogP contribution in [0.2, 0.25) is 0 Å². The van der Waals surface area contributed by atoms with Crippen molar-refractivity contribution in [3.8, 4) is 0 Å². The molecule has 0 saturated carbocycles. The van der Waals surface area contributed by atoms with Gasteiger partial charge >= 0.3 is 0 Å². The SMILES string of the molecule is CCCCCCCCCCCCCCCCc1cnc(C)c(C)c1C. The monoisotopic (exact) mass is 345 g/mol. The Morgan fingerprint density at radius 3 is 1.52 bits per heavy atom. The van der Waals surface area contributed by atoms with E-state index >= 15 is 0 Å². The molecule has 1 heteroatoms. The van der Waals surface area contributed by atoms with E-state index in [1.807, 2.05) is 0 Å². The second kappa shape index (κ2) is 14.3. The number of aryl methyl sites for hydroxylation is 2. The first kappa shape index (κ1) is 22.2. The zero-order valence-electron chi connectivity index (χ0n) is 17.6. The number of rotatable bonds is 15. The third-order valence-electron chi connectivity index (χ3n) is 5.80. The third kappa shape index (κ3) is 10.0. The van der Waals surface area contributed by atoms with E-state index in [1.165, 1.54) is 119 Å². The predicted molar refractivity (Wildman–Crippen MR) is 112 cm³/mol. The van der Waals surface area contributed by atoms with Crippen molar-refractivity contribution in [3.05, 3.63) is 28.6 Å². The van der Waals surface area contributed by atoms with E-state index in [2.05, 4.69) is 38.9 Å². The van der Waals surface area contributed by atoms with Crippen LogP contribution in [0.3, 0.4) is 0 Å². The second-order valence-electron chi connectivity index (χ2n) is 7.97. The quantitative estimate of drug-likeness (QED) is 0.293. The number of unbranched alkanes of at least 4 members (excludes halogenated alkanes) is 13. The highest BCUT2D eigenvalue weighted by molar-refractivity contribution is 5.33. The molecule has 0 radical (unpaired) electrons. The molecule has 0 aliphatic carbocycles. The maximum absolute atomic E-state index is 4.52. The fraction of sp³-hybridized carbons (Fsp3) is 0.792. The van der Waals surface area contributed by atoms with Crippen molar-refractivity contribution in [2.45, 2.75) is 124 Å². The summed E-state index contributed by atoms with van der Waals surface area (Å²) in [5.74, 6) is 0.